The Bertz CT molecular complexity index is 176. The van der Waals surface area contributed by atoms with Crippen molar-refractivity contribution < 1.29 is 5.11 Å². The maximum Gasteiger partial charge on any atom is 0.146 e. The van der Waals surface area contributed by atoms with Gasteiger partial charge >= 0.3 is 0 Å². The Kier molecular flexibility index (Phi) is 1.65. The highest BCUT2D eigenvalue weighted by atomic mass is 35.5. The summed E-state index contributed by atoms with van der Waals surface area (Å²) in [4.78, 5) is 0. The van der Waals surface area contributed by atoms with Crippen LogP contribution in [-0.2, 0) is 0 Å². The van der Waals surface area contributed by atoms with E-state index in [0.717, 1.165) is 0 Å². The van der Waals surface area contributed by atoms with Crippen LogP contribution in [0.15, 0.2) is 5.38 Å². The van der Waals surface area contributed by atoms with Gasteiger partial charge in [-0.1, -0.05) is 23.2 Å². The van der Waals surface area contributed by atoms with Gasteiger partial charge < -0.3 is 5.11 Å². The van der Waals surface area contributed by atoms with Crippen molar-refractivity contribution in [2.75, 3.05) is 0 Å². The molecule has 0 bridgehead atoms. The highest BCUT2D eigenvalue weighted by Crippen LogP contribution is 2.36. The summed E-state index contributed by atoms with van der Waals surface area (Å²) in [5.74, 6) is 0.0571. The van der Waals surface area contributed by atoms with Crippen LogP contribution in [0.25, 0.3) is 0 Å². The Morgan fingerprint density at radius 3 is 2.25 bits per heavy atom. The topological polar surface area (TPSA) is 20.2 Å². The number of hydrogen-bond donors (Lipinski definition) is 1. The first kappa shape index (κ1) is 6.20. The predicted octanol–water partition coefficient (Wildman–Crippen LogP) is 2.76. The van der Waals surface area contributed by atoms with Crippen LogP contribution < -0.4 is 0 Å². The van der Waals surface area contributed by atoms with Crippen LogP contribution >= 0.6 is 34.5 Å². The normalized spacial score (nSPS) is 9.75. The number of halogens is 2. The molecule has 0 aliphatic carbocycles. The quantitative estimate of drug-likeness (QED) is 0.632. The molecule has 8 heavy (non-hydrogen) atoms. The van der Waals surface area contributed by atoms with Crippen LogP contribution in [0.5, 0.6) is 5.75 Å². The summed E-state index contributed by atoms with van der Waals surface area (Å²) in [5.41, 5.74) is 0. The Morgan fingerprint density at radius 2 is 2.12 bits per heavy atom. The second-order valence-corrected chi connectivity index (χ2v) is 3.07. The highest BCUT2D eigenvalue weighted by molar-refractivity contribution is 7.15. The predicted molar refractivity (Wildman–Crippen MR) is 36.0 cm³/mol. The first-order valence-electron chi connectivity index (χ1n) is 1.83. The van der Waals surface area contributed by atoms with E-state index in [0.29, 0.717) is 4.34 Å². The van der Waals surface area contributed by atoms with Crippen molar-refractivity contribution in [2.24, 2.45) is 0 Å². The minimum atomic E-state index is 0.0571. The average Bonchev–Trinajstić information content (AvgIpc) is 1.98. The van der Waals surface area contributed by atoms with Crippen molar-refractivity contribution in [3.63, 3.8) is 0 Å². The molecule has 0 saturated heterocycles. The molecule has 0 atom stereocenters. The number of aromatic hydroxyl groups is 1. The minimum absolute atomic E-state index is 0.0571. The third-order valence-corrected chi connectivity index (χ3v) is 2.47. The number of hydrogen-bond acceptors (Lipinski definition) is 2. The van der Waals surface area contributed by atoms with Gasteiger partial charge in [-0.3, -0.25) is 0 Å². The zero-order valence-corrected chi connectivity index (χ0v) is 6.02. The molecule has 0 saturated carbocycles. The third kappa shape index (κ3) is 0.917. The lowest BCUT2D eigenvalue weighted by molar-refractivity contribution is 0.478. The zero-order valence-electron chi connectivity index (χ0n) is 3.69. The summed E-state index contributed by atoms with van der Waals surface area (Å²) in [6.07, 6.45) is 0. The van der Waals surface area contributed by atoms with E-state index < -0.39 is 0 Å². The molecular weight excluding hydrogens is 167 g/mol. The van der Waals surface area contributed by atoms with Gasteiger partial charge in [0.15, 0.2) is 0 Å². The summed E-state index contributed by atoms with van der Waals surface area (Å²) in [6, 6.07) is 0. The van der Waals surface area contributed by atoms with E-state index in [1.165, 1.54) is 16.7 Å². The molecular formula is C4H2Cl2OS. The zero-order chi connectivity index (χ0) is 6.15. The molecule has 1 heterocycles. The van der Waals surface area contributed by atoms with E-state index in [4.69, 9.17) is 28.3 Å². The molecule has 0 aromatic carbocycles. The van der Waals surface area contributed by atoms with E-state index in [-0.39, 0.29) is 10.8 Å². The molecule has 0 spiro atoms. The fourth-order valence-corrected chi connectivity index (χ4v) is 1.34. The molecule has 1 rings (SSSR count). The van der Waals surface area contributed by atoms with Gasteiger partial charge in [0.1, 0.15) is 15.1 Å². The van der Waals surface area contributed by atoms with Crippen molar-refractivity contribution in [3.05, 3.63) is 14.7 Å². The summed E-state index contributed by atoms with van der Waals surface area (Å²) in [6.45, 7) is 0. The molecule has 4 heteroatoms. The minimum Gasteiger partial charge on any atom is -0.505 e. The maximum absolute atomic E-state index is 8.73. The molecule has 1 aromatic rings. The molecule has 0 amide bonds. The van der Waals surface area contributed by atoms with Gasteiger partial charge in [0.25, 0.3) is 0 Å². The lowest BCUT2D eigenvalue weighted by atomic mass is 10.6. The van der Waals surface area contributed by atoms with Crippen molar-refractivity contribution in [2.45, 2.75) is 0 Å². The van der Waals surface area contributed by atoms with Crippen molar-refractivity contribution in [1.29, 1.82) is 0 Å². The van der Waals surface area contributed by atoms with Gasteiger partial charge in [-0.2, -0.15) is 0 Å². The number of thiophene rings is 1. The Hall–Kier alpha value is 0.0800. The van der Waals surface area contributed by atoms with E-state index in [2.05, 4.69) is 0 Å². The van der Waals surface area contributed by atoms with Gasteiger partial charge in [0, 0.05) is 5.38 Å². The van der Waals surface area contributed by atoms with Crippen molar-refractivity contribution >= 4 is 34.5 Å². The third-order valence-electron chi connectivity index (χ3n) is 0.671. The molecule has 0 fully saturated rings. The molecule has 0 aliphatic rings. The van der Waals surface area contributed by atoms with Crippen LogP contribution in [0.1, 0.15) is 0 Å². The van der Waals surface area contributed by atoms with Crippen molar-refractivity contribution in [1.82, 2.24) is 0 Å². The summed E-state index contributed by atoms with van der Waals surface area (Å²) in [5, 5.41) is 10.5. The second kappa shape index (κ2) is 2.13. The molecule has 0 unspecified atom stereocenters. The van der Waals surface area contributed by atoms with Crippen LogP contribution in [0.4, 0.5) is 0 Å². The molecule has 0 radical (unpaired) electrons. The smallest absolute Gasteiger partial charge is 0.146 e. The standard InChI is InChI=1S/C4H2Cl2OS/c5-3-2(7)1-8-4(3)6/h1,7H. The first-order valence-corrected chi connectivity index (χ1v) is 3.47. The molecule has 1 nitrogen and oxygen atoms in total. The summed E-state index contributed by atoms with van der Waals surface area (Å²) >= 11 is 12.1. The Labute approximate surface area is 60.5 Å². The van der Waals surface area contributed by atoms with Crippen LogP contribution in [0.2, 0.25) is 9.36 Å². The SMILES string of the molecule is Oc1csc(Cl)c1Cl. The largest absolute Gasteiger partial charge is 0.505 e. The lowest BCUT2D eigenvalue weighted by Gasteiger charge is -1.80. The van der Waals surface area contributed by atoms with Crippen LogP contribution in [0.3, 0.4) is 0 Å². The van der Waals surface area contributed by atoms with E-state index >= 15 is 0 Å². The van der Waals surface area contributed by atoms with Crippen molar-refractivity contribution in [3.8, 4) is 5.75 Å². The monoisotopic (exact) mass is 168 g/mol. The second-order valence-electron chi connectivity index (χ2n) is 1.21. The maximum atomic E-state index is 8.73. The summed E-state index contributed by atoms with van der Waals surface area (Å²) in [7, 11) is 0. The number of rotatable bonds is 0. The van der Waals surface area contributed by atoms with Gasteiger partial charge in [-0.25, -0.2) is 0 Å². The molecule has 44 valence electrons. The summed E-state index contributed by atoms with van der Waals surface area (Å²) < 4.78 is 0.434. The Balaban J connectivity index is 3.19. The Morgan fingerprint density at radius 1 is 1.50 bits per heavy atom. The van der Waals surface area contributed by atoms with E-state index in [1.807, 2.05) is 0 Å². The van der Waals surface area contributed by atoms with Gasteiger partial charge in [0.2, 0.25) is 0 Å². The molecule has 1 N–H and O–H groups in total. The molecule has 1 aromatic heterocycles. The van der Waals surface area contributed by atoms with E-state index in [9.17, 15) is 0 Å². The van der Waals surface area contributed by atoms with E-state index in [1.54, 1.807) is 0 Å². The highest BCUT2D eigenvalue weighted by Gasteiger charge is 2.03. The molecule has 0 aliphatic heterocycles. The first-order chi connectivity index (χ1) is 3.72. The van der Waals surface area contributed by atoms with Gasteiger partial charge in [-0.15, -0.1) is 11.3 Å². The average molecular weight is 169 g/mol. The van der Waals surface area contributed by atoms with Crippen LogP contribution in [-0.4, -0.2) is 5.11 Å². The van der Waals surface area contributed by atoms with Crippen LogP contribution in [0, 0.1) is 0 Å². The fourth-order valence-electron chi connectivity index (χ4n) is 0.312. The van der Waals surface area contributed by atoms with Gasteiger partial charge in [-0.05, 0) is 0 Å². The van der Waals surface area contributed by atoms with Gasteiger partial charge in [0.05, 0.1) is 0 Å². The lowest BCUT2D eigenvalue weighted by Crippen LogP contribution is -1.52. The fraction of sp³-hybridized carbons (Fsp3) is 0.